The molecule has 4 aromatic carbocycles. The first-order valence-corrected chi connectivity index (χ1v) is 13.3. The molecule has 7 rings (SSSR count). The van der Waals surface area contributed by atoms with Crippen molar-refractivity contribution >= 4 is 27.9 Å². The highest BCUT2D eigenvalue weighted by Gasteiger charge is 2.40. The monoisotopic (exact) mass is 546 g/mol. The smallest absolute Gasteiger partial charge is 0.373 e. The summed E-state index contributed by atoms with van der Waals surface area (Å²) in [5.74, 6) is -1.44. The zero-order valence-electron chi connectivity index (χ0n) is 22.1. The van der Waals surface area contributed by atoms with E-state index in [1.165, 1.54) is 0 Å². The molecule has 3 aromatic heterocycles. The number of aromatic nitrogens is 5. The molecule has 7 aromatic rings. The number of fused-ring (bicyclic) bond motifs is 2. The number of H-pyrrole nitrogens is 1. The van der Waals surface area contributed by atoms with E-state index >= 15 is 0 Å². The van der Waals surface area contributed by atoms with Crippen molar-refractivity contribution in [3.8, 4) is 17.3 Å². The molecule has 42 heavy (non-hydrogen) atoms. The highest BCUT2D eigenvalue weighted by molar-refractivity contribution is 6.02. The third kappa shape index (κ3) is 3.84. The molecule has 0 atom stereocenters. The van der Waals surface area contributed by atoms with Crippen molar-refractivity contribution in [2.24, 2.45) is 0 Å². The Labute approximate surface area is 240 Å². The van der Waals surface area contributed by atoms with Gasteiger partial charge in [0.2, 0.25) is 5.82 Å². The Morgan fingerprint density at radius 1 is 0.786 bits per heavy atom. The normalized spacial score (nSPS) is 11.5. The highest BCUT2D eigenvalue weighted by Crippen LogP contribution is 2.44. The van der Waals surface area contributed by atoms with Gasteiger partial charge in [0.15, 0.2) is 0 Å². The van der Waals surface area contributed by atoms with Crippen LogP contribution in [0.4, 0.5) is 0 Å². The SMILES string of the molecule is N#Cc1ccc(-c2[nH]n(C(c3ccccc3)(c3ccccc3)c3ccccc3)c3cc4nc(C(=O)O)nc4cc23)cn1. The van der Waals surface area contributed by atoms with Crippen LogP contribution in [0.5, 0.6) is 0 Å². The van der Waals surface area contributed by atoms with Gasteiger partial charge < -0.3 is 5.11 Å². The van der Waals surface area contributed by atoms with Gasteiger partial charge in [0, 0.05) is 17.1 Å². The zero-order chi connectivity index (χ0) is 28.7. The summed E-state index contributed by atoms with van der Waals surface area (Å²) in [6.45, 7) is 0. The molecule has 200 valence electrons. The molecule has 3 heterocycles. The van der Waals surface area contributed by atoms with Crippen molar-refractivity contribution in [2.75, 3.05) is 0 Å². The van der Waals surface area contributed by atoms with Crippen molar-refractivity contribution < 1.29 is 9.90 Å². The highest BCUT2D eigenvalue weighted by atomic mass is 16.4. The maximum Gasteiger partial charge on any atom is 0.373 e. The van der Waals surface area contributed by atoms with E-state index in [1.54, 1.807) is 12.3 Å². The summed E-state index contributed by atoms with van der Waals surface area (Å²) in [5.41, 5.74) is 5.72. The second-order valence-electron chi connectivity index (χ2n) is 9.89. The average molecular weight is 547 g/mol. The number of imidazole rings is 1. The quantitative estimate of drug-likeness (QED) is 0.233. The fraction of sp³-hybridized carbons (Fsp3) is 0.0294. The van der Waals surface area contributed by atoms with Crippen LogP contribution in [-0.4, -0.2) is 35.8 Å². The summed E-state index contributed by atoms with van der Waals surface area (Å²) in [4.78, 5) is 24.7. The number of carbonyl (C=O) groups is 1. The first-order valence-electron chi connectivity index (χ1n) is 13.3. The Morgan fingerprint density at radius 3 is 1.81 bits per heavy atom. The lowest BCUT2D eigenvalue weighted by atomic mass is 9.77. The third-order valence-corrected chi connectivity index (χ3v) is 7.55. The van der Waals surface area contributed by atoms with E-state index in [1.807, 2.05) is 72.8 Å². The molecule has 0 amide bonds. The number of hydrogen-bond donors (Lipinski definition) is 2. The average Bonchev–Trinajstić information content (AvgIpc) is 3.64. The van der Waals surface area contributed by atoms with Crippen molar-refractivity contribution in [1.29, 1.82) is 5.26 Å². The lowest BCUT2D eigenvalue weighted by Crippen LogP contribution is -2.38. The lowest BCUT2D eigenvalue weighted by Gasteiger charge is -2.37. The predicted octanol–water partition coefficient (Wildman–Crippen LogP) is 6.38. The van der Waals surface area contributed by atoms with E-state index in [4.69, 9.17) is 0 Å². The summed E-state index contributed by atoms with van der Waals surface area (Å²) in [7, 11) is 0. The number of rotatable bonds is 6. The van der Waals surface area contributed by atoms with Gasteiger partial charge in [-0.2, -0.15) is 5.26 Å². The van der Waals surface area contributed by atoms with Crippen LogP contribution in [0.25, 0.3) is 33.2 Å². The summed E-state index contributed by atoms with van der Waals surface area (Å²) in [6, 6.07) is 40.1. The van der Waals surface area contributed by atoms with E-state index in [0.717, 1.165) is 38.9 Å². The molecule has 0 aliphatic carbocycles. The number of carboxylic acid groups (broad SMARTS) is 1. The van der Waals surface area contributed by atoms with Gasteiger partial charge in [0.05, 0.1) is 22.2 Å². The minimum Gasteiger partial charge on any atom is -0.475 e. The molecule has 8 nitrogen and oxygen atoms in total. The molecular weight excluding hydrogens is 524 g/mol. The van der Waals surface area contributed by atoms with Crippen LogP contribution in [0.2, 0.25) is 0 Å². The van der Waals surface area contributed by atoms with E-state index in [0.29, 0.717) is 16.7 Å². The van der Waals surface area contributed by atoms with Crippen molar-refractivity contribution in [3.63, 3.8) is 0 Å². The minimum absolute atomic E-state index is 0.254. The number of aromatic amines is 1. The zero-order valence-corrected chi connectivity index (χ0v) is 22.1. The Balaban J connectivity index is 1.66. The number of aromatic carboxylic acids is 1. The van der Waals surface area contributed by atoms with Gasteiger partial charge in [-0.1, -0.05) is 91.0 Å². The van der Waals surface area contributed by atoms with Crippen LogP contribution in [0.1, 0.15) is 33.0 Å². The van der Waals surface area contributed by atoms with Gasteiger partial charge in [-0.05, 0) is 41.0 Å². The van der Waals surface area contributed by atoms with E-state index in [9.17, 15) is 15.2 Å². The molecule has 2 N–H and O–H groups in total. The largest absolute Gasteiger partial charge is 0.475 e. The molecular formula is C34H22N6O2. The fourth-order valence-corrected chi connectivity index (χ4v) is 5.73. The fourth-order valence-electron chi connectivity index (χ4n) is 5.73. The summed E-state index contributed by atoms with van der Waals surface area (Å²) in [5, 5.41) is 23.5. The standard InChI is InChI=1S/C34H22N6O2/c35-20-26-17-16-22(21-36-26)31-27-18-28-29(38-32(37-28)33(41)42)19-30(27)40(39-31)34(23-10-4-1-5-11-23,24-12-6-2-7-13-24)25-14-8-3-9-15-25/h1-19,21,39H,(H,41,42). The first kappa shape index (κ1) is 24.9. The first-order chi connectivity index (χ1) is 20.6. The van der Waals surface area contributed by atoms with Gasteiger partial charge in [-0.15, -0.1) is 0 Å². The van der Waals surface area contributed by atoms with Gasteiger partial charge in [-0.3, -0.25) is 9.78 Å². The van der Waals surface area contributed by atoms with Crippen LogP contribution >= 0.6 is 0 Å². The summed E-state index contributed by atoms with van der Waals surface area (Å²) >= 11 is 0. The summed E-state index contributed by atoms with van der Waals surface area (Å²) < 4.78 is 2.12. The third-order valence-electron chi connectivity index (χ3n) is 7.55. The van der Waals surface area contributed by atoms with Gasteiger partial charge in [-0.25, -0.2) is 19.7 Å². The number of carboxylic acids is 1. The number of nitrogens with one attached hydrogen (secondary N) is 1. The van der Waals surface area contributed by atoms with Crippen LogP contribution < -0.4 is 0 Å². The van der Waals surface area contributed by atoms with Gasteiger partial charge >= 0.3 is 5.97 Å². The molecule has 0 radical (unpaired) electrons. The second-order valence-corrected chi connectivity index (χ2v) is 9.89. The molecule has 0 saturated heterocycles. The molecule has 0 unspecified atom stereocenters. The Kier molecular flexibility index (Phi) is 5.84. The lowest BCUT2D eigenvalue weighted by molar-refractivity contribution is 0.0685. The topological polar surface area (TPSA) is 120 Å². The molecule has 0 spiro atoms. The molecule has 0 aliphatic heterocycles. The number of pyridine rings is 1. The summed E-state index contributed by atoms with van der Waals surface area (Å²) in [6.07, 6.45) is 1.66. The van der Waals surface area contributed by atoms with Crippen LogP contribution in [0, 0.1) is 11.3 Å². The Bertz CT molecular complexity index is 2010. The van der Waals surface area contributed by atoms with Crippen molar-refractivity contribution in [2.45, 2.75) is 5.54 Å². The minimum atomic E-state index is -1.19. The number of nitrogens with zero attached hydrogens (tertiary/aromatic N) is 5. The molecule has 0 saturated carbocycles. The van der Waals surface area contributed by atoms with Gasteiger partial charge in [0.25, 0.3) is 0 Å². The van der Waals surface area contributed by atoms with Crippen LogP contribution in [0.15, 0.2) is 121 Å². The van der Waals surface area contributed by atoms with Crippen molar-refractivity contribution in [1.82, 2.24) is 24.7 Å². The Morgan fingerprint density at radius 2 is 1.33 bits per heavy atom. The van der Waals surface area contributed by atoms with Crippen LogP contribution in [-0.2, 0) is 5.54 Å². The van der Waals surface area contributed by atoms with E-state index < -0.39 is 11.5 Å². The van der Waals surface area contributed by atoms with E-state index in [-0.39, 0.29) is 5.82 Å². The molecule has 0 fully saturated rings. The Hall–Kier alpha value is -6.07. The maximum atomic E-state index is 11.8. The number of hydrogen-bond acceptors (Lipinski definition) is 5. The second kappa shape index (κ2) is 9.84. The van der Waals surface area contributed by atoms with Crippen LogP contribution in [0.3, 0.4) is 0 Å². The molecule has 0 aliphatic rings. The van der Waals surface area contributed by atoms with Crippen molar-refractivity contribution in [3.05, 3.63) is 150 Å². The molecule has 0 bridgehead atoms. The van der Waals surface area contributed by atoms with E-state index in [2.05, 4.69) is 67.2 Å². The number of nitriles is 1. The van der Waals surface area contributed by atoms with Gasteiger partial charge in [0.1, 0.15) is 17.3 Å². The number of benzene rings is 4. The maximum absolute atomic E-state index is 11.8. The predicted molar refractivity (Wildman–Crippen MR) is 159 cm³/mol. The molecule has 8 heteroatoms.